The van der Waals surface area contributed by atoms with Crippen LogP contribution in [0.1, 0.15) is 45.1 Å². The van der Waals surface area contributed by atoms with Crippen molar-refractivity contribution in [1.29, 1.82) is 0 Å². The molecular weight excluding hydrogens is 481 g/mol. The second kappa shape index (κ2) is 9.97. The van der Waals surface area contributed by atoms with Crippen molar-refractivity contribution >= 4 is 17.1 Å². The minimum absolute atomic E-state index is 0.241. The van der Waals surface area contributed by atoms with Crippen LogP contribution >= 0.6 is 0 Å². The Hall–Kier alpha value is -2.97. The van der Waals surface area contributed by atoms with Gasteiger partial charge in [-0.25, -0.2) is 8.91 Å². The Kier molecular flexibility index (Phi) is 6.64. The Bertz CT molecular complexity index is 1320. The summed E-state index contributed by atoms with van der Waals surface area (Å²) in [5.41, 5.74) is 3.84. The third kappa shape index (κ3) is 4.58. The number of likely N-dealkylation sites (tertiary alicyclic amines) is 1. The summed E-state index contributed by atoms with van der Waals surface area (Å²) in [5, 5.41) is 4.50. The van der Waals surface area contributed by atoms with Gasteiger partial charge < -0.3 is 19.4 Å². The first-order chi connectivity index (χ1) is 18.4. The number of aromatic nitrogens is 2. The van der Waals surface area contributed by atoms with Crippen LogP contribution in [0.25, 0.3) is 16.6 Å². The smallest absolute Gasteiger partial charge is 0.225 e. The molecule has 3 fully saturated rings. The van der Waals surface area contributed by atoms with E-state index in [4.69, 9.17) is 4.74 Å². The Morgan fingerprint density at radius 2 is 1.79 bits per heavy atom. The molecule has 0 spiro atoms. The number of piperazine rings is 1. The molecule has 1 saturated carbocycles. The maximum atomic E-state index is 15.6. The number of hydrogen-bond donors (Lipinski definition) is 0. The molecule has 7 nitrogen and oxygen atoms in total. The van der Waals surface area contributed by atoms with Crippen LogP contribution in [0, 0.1) is 11.7 Å². The number of rotatable bonds is 6. The van der Waals surface area contributed by atoms with E-state index in [0.29, 0.717) is 17.5 Å². The molecule has 0 unspecified atom stereocenters. The molecule has 38 heavy (non-hydrogen) atoms. The van der Waals surface area contributed by atoms with Gasteiger partial charge in [0.15, 0.2) is 0 Å². The highest BCUT2D eigenvalue weighted by molar-refractivity contribution is 5.82. The topological polar surface area (TPSA) is 53.3 Å². The predicted octanol–water partition coefficient (Wildman–Crippen LogP) is 4.54. The molecule has 3 aliphatic rings. The highest BCUT2D eigenvalue weighted by atomic mass is 19.1. The lowest BCUT2D eigenvalue weighted by molar-refractivity contribution is -0.132. The number of ether oxygens (including phenoxy) is 1. The fraction of sp³-hybridized carbons (Fsp3) is 0.533. The standard InChI is InChI=1S/C30H38FN5O2/c1-21(2)33-12-9-30(38-3,10-13-33)24-6-7-25(26(31)19-24)23-18-28-27(8-11-32-36(28)20-23)34-14-16-35(17-15-34)29(37)22-4-5-22/h6-8,11,18-22H,4-5,9-10,12-17H2,1-3H3. The zero-order chi connectivity index (χ0) is 26.4. The van der Waals surface area contributed by atoms with Gasteiger partial charge >= 0.3 is 0 Å². The molecule has 4 heterocycles. The molecule has 0 bridgehead atoms. The highest BCUT2D eigenvalue weighted by Crippen LogP contribution is 2.39. The average Bonchev–Trinajstić information content (AvgIpc) is 3.70. The summed E-state index contributed by atoms with van der Waals surface area (Å²) in [4.78, 5) is 19.2. The van der Waals surface area contributed by atoms with E-state index in [-0.39, 0.29) is 11.7 Å². The Morgan fingerprint density at radius 3 is 2.42 bits per heavy atom. The number of piperidine rings is 1. The number of anilines is 1. The number of fused-ring (bicyclic) bond motifs is 1. The number of halogens is 1. The van der Waals surface area contributed by atoms with Crippen LogP contribution in [0.2, 0.25) is 0 Å². The number of carbonyl (C=O) groups excluding carboxylic acids is 1. The summed E-state index contributed by atoms with van der Waals surface area (Å²) in [7, 11) is 1.74. The van der Waals surface area contributed by atoms with E-state index in [0.717, 1.165) is 87.3 Å². The molecule has 8 heteroatoms. The van der Waals surface area contributed by atoms with Gasteiger partial charge in [0.25, 0.3) is 0 Å². The normalized spacial score (nSPS) is 20.4. The van der Waals surface area contributed by atoms with Crippen LogP contribution in [0.4, 0.5) is 10.1 Å². The van der Waals surface area contributed by atoms with E-state index < -0.39 is 5.60 Å². The van der Waals surface area contributed by atoms with Gasteiger partial charge in [-0.3, -0.25) is 4.79 Å². The number of benzene rings is 1. The Morgan fingerprint density at radius 1 is 1.05 bits per heavy atom. The average molecular weight is 520 g/mol. The van der Waals surface area contributed by atoms with E-state index in [1.165, 1.54) is 0 Å². The number of methoxy groups -OCH3 is 1. The molecule has 2 aliphatic heterocycles. The maximum absolute atomic E-state index is 15.6. The van der Waals surface area contributed by atoms with Crippen molar-refractivity contribution in [3.63, 3.8) is 0 Å². The molecule has 0 radical (unpaired) electrons. The lowest BCUT2D eigenvalue weighted by atomic mass is 9.83. The van der Waals surface area contributed by atoms with Gasteiger partial charge in [0.2, 0.25) is 5.91 Å². The van der Waals surface area contributed by atoms with Gasteiger partial charge in [-0.2, -0.15) is 5.10 Å². The quantitative estimate of drug-likeness (QED) is 0.479. The van der Waals surface area contributed by atoms with E-state index in [2.05, 4.69) is 28.7 Å². The van der Waals surface area contributed by atoms with Gasteiger partial charge in [-0.15, -0.1) is 0 Å². The largest absolute Gasteiger partial charge is 0.373 e. The number of carbonyl (C=O) groups is 1. The van der Waals surface area contributed by atoms with Gasteiger partial charge in [-0.1, -0.05) is 12.1 Å². The van der Waals surface area contributed by atoms with Crippen LogP contribution in [0.5, 0.6) is 0 Å². The molecule has 1 amide bonds. The minimum Gasteiger partial charge on any atom is -0.373 e. The predicted molar refractivity (Wildman–Crippen MR) is 147 cm³/mol. The van der Waals surface area contributed by atoms with Crippen molar-refractivity contribution < 1.29 is 13.9 Å². The molecule has 1 aliphatic carbocycles. The SMILES string of the molecule is COC1(c2ccc(-c3cc4c(N5CCN(C(=O)C6CC6)CC5)ccnn4c3)c(F)c2)CCN(C(C)C)CC1. The lowest BCUT2D eigenvalue weighted by Gasteiger charge is -2.42. The van der Waals surface area contributed by atoms with Crippen molar-refractivity contribution in [3.8, 4) is 11.1 Å². The summed E-state index contributed by atoms with van der Waals surface area (Å²) < 4.78 is 23.5. The highest BCUT2D eigenvalue weighted by Gasteiger charge is 2.38. The molecule has 2 saturated heterocycles. The van der Waals surface area contributed by atoms with Crippen molar-refractivity contribution in [2.45, 2.75) is 51.2 Å². The van der Waals surface area contributed by atoms with E-state index >= 15 is 4.39 Å². The van der Waals surface area contributed by atoms with Gasteiger partial charge in [0.1, 0.15) is 5.82 Å². The third-order valence-electron chi connectivity index (χ3n) is 8.88. The summed E-state index contributed by atoms with van der Waals surface area (Å²) in [6, 6.07) is 10.1. The van der Waals surface area contributed by atoms with Crippen LogP contribution in [-0.4, -0.2) is 77.7 Å². The van der Waals surface area contributed by atoms with E-state index in [9.17, 15) is 4.79 Å². The minimum atomic E-state index is -0.450. The second-order valence-electron chi connectivity index (χ2n) is 11.4. The molecule has 3 aromatic rings. The van der Waals surface area contributed by atoms with Crippen LogP contribution < -0.4 is 4.90 Å². The molecule has 202 valence electrons. The van der Waals surface area contributed by atoms with Crippen molar-refractivity contribution in [2.24, 2.45) is 5.92 Å². The van der Waals surface area contributed by atoms with Gasteiger partial charge in [0, 0.05) is 81.9 Å². The van der Waals surface area contributed by atoms with Crippen molar-refractivity contribution in [3.05, 3.63) is 54.1 Å². The van der Waals surface area contributed by atoms with E-state index in [1.54, 1.807) is 19.4 Å². The molecule has 2 aromatic heterocycles. The number of amides is 1. The zero-order valence-electron chi connectivity index (χ0n) is 22.7. The third-order valence-corrected chi connectivity index (χ3v) is 8.88. The molecular formula is C30H38FN5O2. The summed E-state index contributed by atoms with van der Waals surface area (Å²) >= 11 is 0. The molecule has 6 rings (SSSR count). The fourth-order valence-corrected chi connectivity index (χ4v) is 6.22. The summed E-state index contributed by atoms with van der Waals surface area (Å²) in [6.07, 6.45) is 7.47. The van der Waals surface area contributed by atoms with Crippen molar-refractivity contribution in [1.82, 2.24) is 19.4 Å². The van der Waals surface area contributed by atoms with Gasteiger partial charge in [0.05, 0.1) is 16.8 Å². The summed E-state index contributed by atoms with van der Waals surface area (Å²) in [6.45, 7) is 9.37. The lowest BCUT2D eigenvalue weighted by Crippen LogP contribution is -2.49. The van der Waals surface area contributed by atoms with Crippen LogP contribution in [-0.2, 0) is 15.1 Å². The Labute approximate surface area is 224 Å². The first-order valence-corrected chi connectivity index (χ1v) is 14.0. The monoisotopic (exact) mass is 519 g/mol. The van der Waals surface area contributed by atoms with E-state index in [1.807, 2.05) is 39.9 Å². The molecule has 1 aromatic carbocycles. The molecule has 0 atom stereocenters. The van der Waals surface area contributed by atoms with Crippen molar-refractivity contribution in [2.75, 3.05) is 51.3 Å². The first kappa shape index (κ1) is 25.3. The number of hydrogen-bond acceptors (Lipinski definition) is 5. The second-order valence-corrected chi connectivity index (χ2v) is 11.4. The Balaban J connectivity index is 1.23. The molecule has 0 N–H and O–H groups in total. The maximum Gasteiger partial charge on any atom is 0.225 e. The van der Waals surface area contributed by atoms with Crippen LogP contribution in [0.3, 0.4) is 0 Å². The van der Waals surface area contributed by atoms with Gasteiger partial charge in [-0.05, 0) is 63.3 Å². The summed E-state index contributed by atoms with van der Waals surface area (Å²) in [5.74, 6) is 0.333. The van der Waals surface area contributed by atoms with Crippen LogP contribution in [0.15, 0.2) is 42.7 Å². The zero-order valence-corrected chi connectivity index (χ0v) is 22.7. The number of nitrogens with zero attached hydrogens (tertiary/aromatic N) is 5. The fourth-order valence-electron chi connectivity index (χ4n) is 6.22. The first-order valence-electron chi connectivity index (χ1n) is 14.0.